The zero-order chi connectivity index (χ0) is 22.2. The Bertz CT molecular complexity index is 1130. The minimum absolute atomic E-state index is 0.0228. The van der Waals surface area contributed by atoms with E-state index in [4.69, 9.17) is 0 Å². The Balaban J connectivity index is 1.74. The molecular weight excluding hydrogens is 418 g/mol. The van der Waals surface area contributed by atoms with E-state index >= 15 is 0 Å². The van der Waals surface area contributed by atoms with Crippen molar-refractivity contribution in [3.05, 3.63) is 71.7 Å². The molecule has 2 aromatic carbocycles. The van der Waals surface area contributed by atoms with Gasteiger partial charge in [0, 0.05) is 28.6 Å². The van der Waals surface area contributed by atoms with Crippen molar-refractivity contribution in [2.45, 2.75) is 11.7 Å². The van der Waals surface area contributed by atoms with Crippen LogP contribution in [-0.4, -0.2) is 34.9 Å². The number of halogens is 4. The first kappa shape index (κ1) is 20.4. The summed E-state index contributed by atoms with van der Waals surface area (Å²) in [6, 6.07) is 9.03. The Morgan fingerprint density at radius 3 is 2.48 bits per heavy atom. The predicted molar refractivity (Wildman–Crippen MR) is 103 cm³/mol. The molecule has 2 heterocycles. The van der Waals surface area contributed by atoms with Crippen LogP contribution in [0, 0.1) is 5.82 Å². The minimum atomic E-state index is -4.96. The highest BCUT2D eigenvalue weighted by atomic mass is 19.4. The second-order valence-corrected chi connectivity index (χ2v) is 6.90. The summed E-state index contributed by atoms with van der Waals surface area (Å²) in [5, 5.41) is 13.0. The molecule has 1 atom stereocenters. The highest BCUT2D eigenvalue weighted by molar-refractivity contribution is 5.96. The maximum atomic E-state index is 14.4. The van der Waals surface area contributed by atoms with Crippen LogP contribution in [0.3, 0.4) is 0 Å². The van der Waals surface area contributed by atoms with E-state index in [1.807, 2.05) is 5.32 Å². The van der Waals surface area contributed by atoms with Gasteiger partial charge in [0.05, 0.1) is 12.2 Å². The summed E-state index contributed by atoms with van der Waals surface area (Å²) >= 11 is 0. The number of fused-ring (bicyclic) bond motifs is 1. The zero-order valence-corrected chi connectivity index (χ0v) is 15.7. The molecule has 7 nitrogen and oxygen atoms in total. The predicted octanol–water partition coefficient (Wildman–Crippen LogP) is 3.54. The van der Waals surface area contributed by atoms with Gasteiger partial charge in [0.15, 0.2) is 5.54 Å². The first-order valence-corrected chi connectivity index (χ1v) is 9.03. The van der Waals surface area contributed by atoms with Crippen molar-refractivity contribution >= 4 is 17.6 Å². The molecule has 3 amide bonds. The highest BCUT2D eigenvalue weighted by Gasteiger charge is 2.60. The van der Waals surface area contributed by atoms with Gasteiger partial charge < -0.3 is 16.0 Å². The van der Waals surface area contributed by atoms with Crippen molar-refractivity contribution in [3.63, 3.8) is 0 Å². The van der Waals surface area contributed by atoms with Crippen LogP contribution in [0.1, 0.15) is 15.9 Å². The molecule has 160 valence electrons. The summed E-state index contributed by atoms with van der Waals surface area (Å²) in [5.41, 5.74) is -2.34. The molecule has 31 heavy (non-hydrogen) atoms. The monoisotopic (exact) mass is 433 g/mol. The third-order valence-electron chi connectivity index (χ3n) is 4.97. The number of carbonyl (C=O) groups is 2. The average Bonchev–Trinajstić information content (AvgIpc) is 3.26. The van der Waals surface area contributed by atoms with Crippen molar-refractivity contribution in [1.29, 1.82) is 0 Å². The van der Waals surface area contributed by atoms with Gasteiger partial charge in [-0.25, -0.2) is 9.18 Å². The molecule has 0 fully saturated rings. The van der Waals surface area contributed by atoms with E-state index in [0.717, 1.165) is 24.3 Å². The average molecular weight is 433 g/mol. The van der Waals surface area contributed by atoms with E-state index in [0.29, 0.717) is 11.3 Å². The second-order valence-electron chi connectivity index (χ2n) is 6.90. The summed E-state index contributed by atoms with van der Waals surface area (Å²) in [7, 11) is 0. The molecule has 0 bridgehead atoms. The van der Waals surface area contributed by atoms with Gasteiger partial charge in [-0.3, -0.25) is 9.89 Å². The van der Waals surface area contributed by atoms with Gasteiger partial charge in [0.25, 0.3) is 5.91 Å². The number of hydrogen-bond donors (Lipinski definition) is 4. The number of urea groups is 1. The first-order chi connectivity index (χ1) is 14.7. The molecule has 0 radical (unpaired) electrons. The van der Waals surface area contributed by atoms with Crippen molar-refractivity contribution in [3.8, 4) is 11.3 Å². The number of H-pyrrole nitrogens is 1. The summed E-state index contributed by atoms with van der Waals surface area (Å²) in [6.45, 7) is -0.973. The third-order valence-corrected chi connectivity index (χ3v) is 4.97. The number of hydrogen-bond acceptors (Lipinski definition) is 3. The summed E-state index contributed by atoms with van der Waals surface area (Å²) in [6.07, 6.45) is -3.50. The highest BCUT2D eigenvalue weighted by Crippen LogP contribution is 2.45. The molecule has 1 aliphatic rings. The quantitative estimate of drug-likeness (QED) is 0.474. The maximum Gasteiger partial charge on any atom is 0.417 e. The number of carbonyl (C=O) groups excluding carboxylic acids is 2. The van der Waals surface area contributed by atoms with Crippen molar-refractivity contribution < 1.29 is 27.2 Å². The van der Waals surface area contributed by atoms with Crippen LogP contribution in [0.5, 0.6) is 0 Å². The van der Waals surface area contributed by atoms with Crippen molar-refractivity contribution in [2.24, 2.45) is 0 Å². The first-order valence-electron chi connectivity index (χ1n) is 9.03. The fraction of sp³-hybridized carbons (Fsp3) is 0.150. The Kier molecular flexibility index (Phi) is 4.88. The van der Waals surface area contributed by atoms with Crippen LogP contribution in [0.4, 0.5) is 28.0 Å². The Hall–Kier alpha value is -3.89. The van der Waals surface area contributed by atoms with Gasteiger partial charge in [-0.1, -0.05) is 6.07 Å². The maximum absolute atomic E-state index is 14.4. The van der Waals surface area contributed by atoms with Gasteiger partial charge in [-0.2, -0.15) is 18.3 Å². The number of nitrogens with zero attached hydrogens (tertiary/aromatic N) is 1. The SMILES string of the molecule is O=C1Nc2ccc(-c3ccn[nH]3)cc2[C@](CNC(=O)c2ccc(F)cc2)(C(F)(F)F)N1. The number of aromatic nitrogens is 2. The van der Waals surface area contributed by atoms with Crippen molar-refractivity contribution in [2.75, 3.05) is 11.9 Å². The number of alkyl halides is 3. The van der Waals surface area contributed by atoms with Gasteiger partial charge in [0.1, 0.15) is 5.82 Å². The number of anilines is 1. The fourth-order valence-electron chi connectivity index (χ4n) is 3.38. The van der Waals surface area contributed by atoms with Gasteiger partial charge >= 0.3 is 12.2 Å². The van der Waals surface area contributed by atoms with E-state index in [2.05, 4.69) is 20.8 Å². The topological polar surface area (TPSA) is 98.9 Å². The molecule has 1 aliphatic heterocycles. The van der Waals surface area contributed by atoms with E-state index in [1.165, 1.54) is 24.4 Å². The lowest BCUT2D eigenvalue weighted by atomic mass is 9.84. The summed E-state index contributed by atoms with van der Waals surface area (Å²) < 4.78 is 56.2. The molecule has 0 saturated heterocycles. The molecule has 0 unspecified atom stereocenters. The van der Waals surface area contributed by atoms with Crippen LogP contribution >= 0.6 is 0 Å². The molecule has 0 spiro atoms. The molecule has 3 aromatic rings. The van der Waals surface area contributed by atoms with Crippen LogP contribution in [0.15, 0.2) is 54.7 Å². The minimum Gasteiger partial charge on any atom is -0.349 e. The zero-order valence-electron chi connectivity index (χ0n) is 15.7. The number of benzene rings is 2. The Morgan fingerprint density at radius 1 is 1.10 bits per heavy atom. The van der Waals surface area contributed by atoms with Crippen LogP contribution < -0.4 is 16.0 Å². The molecule has 0 saturated carbocycles. The fourth-order valence-corrected chi connectivity index (χ4v) is 3.38. The van der Waals surface area contributed by atoms with E-state index in [-0.39, 0.29) is 16.8 Å². The molecule has 11 heteroatoms. The van der Waals surface area contributed by atoms with Crippen LogP contribution in [-0.2, 0) is 5.54 Å². The molecular formula is C20H15F4N5O2. The van der Waals surface area contributed by atoms with Gasteiger partial charge in [0.2, 0.25) is 0 Å². The van der Waals surface area contributed by atoms with E-state index in [9.17, 15) is 27.2 Å². The van der Waals surface area contributed by atoms with Crippen LogP contribution in [0.25, 0.3) is 11.3 Å². The van der Waals surface area contributed by atoms with Crippen molar-refractivity contribution in [1.82, 2.24) is 20.8 Å². The molecule has 1 aromatic heterocycles. The van der Waals surface area contributed by atoms with E-state index in [1.54, 1.807) is 6.07 Å². The number of rotatable bonds is 4. The third kappa shape index (κ3) is 3.69. The largest absolute Gasteiger partial charge is 0.417 e. The Morgan fingerprint density at radius 2 is 1.84 bits per heavy atom. The number of amides is 3. The lowest BCUT2D eigenvalue weighted by Gasteiger charge is -2.41. The van der Waals surface area contributed by atoms with E-state index < -0.39 is 36.0 Å². The standard InChI is InChI=1S/C20H15F4N5O2/c21-13-4-1-11(2-5-13)17(30)25-10-19(20(22,23)24)14-9-12(15-7-8-26-29-15)3-6-16(14)27-18(31)28-19/h1-9H,10H2,(H,25,30)(H,26,29)(H2,27,28,31)/t19-/m1/s1. The molecule has 4 rings (SSSR count). The van der Waals surface area contributed by atoms with Gasteiger partial charge in [-0.05, 0) is 42.5 Å². The molecule has 0 aliphatic carbocycles. The molecule has 4 N–H and O–H groups in total. The summed E-state index contributed by atoms with van der Waals surface area (Å²) in [5.74, 6) is -1.43. The smallest absolute Gasteiger partial charge is 0.349 e. The number of aromatic amines is 1. The van der Waals surface area contributed by atoms with Gasteiger partial charge in [-0.15, -0.1) is 0 Å². The lowest BCUT2D eigenvalue weighted by molar-refractivity contribution is -0.195. The lowest BCUT2D eigenvalue weighted by Crippen LogP contribution is -2.64. The number of nitrogens with one attached hydrogen (secondary N) is 4. The second kappa shape index (κ2) is 7.42. The van der Waals surface area contributed by atoms with Crippen LogP contribution in [0.2, 0.25) is 0 Å². The normalized spacial score (nSPS) is 18.0. The Labute approximate surface area is 172 Å². The summed E-state index contributed by atoms with van der Waals surface area (Å²) in [4.78, 5) is 24.4.